The molecule has 3 heterocycles. The molecule has 5 atom stereocenters. The first-order valence-electron chi connectivity index (χ1n) is 14.6. The van der Waals surface area contributed by atoms with Gasteiger partial charge in [-0.25, -0.2) is 10.1 Å². The quantitative estimate of drug-likeness (QED) is 0.142. The summed E-state index contributed by atoms with van der Waals surface area (Å²) in [6.45, 7) is 6.92. The number of hydrogen-bond donors (Lipinski definition) is 3. The zero-order chi connectivity index (χ0) is 31.6. The van der Waals surface area contributed by atoms with Crippen LogP contribution in [0.25, 0.3) is 21.9 Å². The molecule has 1 aliphatic heterocycles. The summed E-state index contributed by atoms with van der Waals surface area (Å²) in [5.74, 6) is 0.923. The lowest BCUT2D eigenvalue weighted by Gasteiger charge is -2.28. The van der Waals surface area contributed by atoms with Crippen LogP contribution >= 0.6 is 6.64 Å². The molecule has 0 amide bonds. The highest BCUT2D eigenvalue weighted by Gasteiger charge is 2.37. The van der Waals surface area contributed by atoms with Gasteiger partial charge in [0, 0.05) is 18.4 Å². The molecule has 14 heteroatoms. The highest BCUT2D eigenvalue weighted by Crippen LogP contribution is 2.48. The van der Waals surface area contributed by atoms with E-state index in [1.54, 1.807) is 20.3 Å². The topological polar surface area (TPSA) is 148 Å². The normalized spacial score (nSPS) is 20.8. The molecular formula is C30H40N7O5PS. The maximum absolute atomic E-state index is 12.9. The number of nitrogen functional groups attached to an aromatic ring is 1. The van der Waals surface area contributed by atoms with Gasteiger partial charge < -0.3 is 29.6 Å². The van der Waals surface area contributed by atoms with Gasteiger partial charge in [0.2, 0.25) is 5.95 Å². The maximum Gasteiger partial charge on any atom is 0.323 e. The molecule has 1 aliphatic rings. The number of aromatic nitrogens is 4. The molecule has 1 saturated heterocycles. The van der Waals surface area contributed by atoms with Gasteiger partial charge in [0.15, 0.2) is 17.0 Å². The van der Waals surface area contributed by atoms with Crippen LogP contribution in [0.5, 0.6) is 5.75 Å². The lowest BCUT2D eigenvalue weighted by molar-refractivity contribution is -0.148. The van der Waals surface area contributed by atoms with Crippen LogP contribution in [0.1, 0.15) is 47.3 Å². The molecule has 5 rings (SSSR count). The second kappa shape index (κ2) is 12.9. The smallest absolute Gasteiger partial charge is 0.323 e. The van der Waals surface area contributed by atoms with Crippen LogP contribution in [0.4, 0.5) is 11.8 Å². The van der Waals surface area contributed by atoms with Crippen LogP contribution < -0.4 is 20.7 Å². The number of esters is 1. The molecule has 0 spiro atoms. The van der Waals surface area contributed by atoms with Crippen molar-refractivity contribution in [2.24, 2.45) is 11.3 Å². The molecule has 0 bridgehead atoms. The number of fused-ring (bicyclic) bond motifs is 2. The second-order valence-electron chi connectivity index (χ2n) is 12.2. The number of carbonyl (C=O) groups excluding carboxylic acids is 1. The van der Waals surface area contributed by atoms with E-state index in [1.165, 1.54) is 0 Å². The Morgan fingerprint density at radius 2 is 1.98 bits per heavy atom. The summed E-state index contributed by atoms with van der Waals surface area (Å²) in [6, 6.07) is 12.8. The minimum absolute atomic E-state index is 0.103. The van der Waals surface area contributed by atoms with Gasteiger partial charge in [0.1, 0.15) is 18.0 Å². The third-order valence-electron chi connectivity index (χ3n) is 7.15. The zero-order valence-corrected chi connectivity index (χ0v) is 27.5. The molecule has 1 unspecified atom stereocenters. The fourth-order valence-electron chi connectivity index (χ4n) is 5.04. The number of hydrogen-bond acceptors (Lipinski definition) is 11. The number of imidazole rings is 1. The summed E-state index contributed by atoms with van der Waals surface area (Å²) < 4.78 is 26.7. The molecule has 12 nitrogen and oxygen atoms in total. The molecule has 2 aromatic carbocycles. The molecule has 2 aromatic heterocycles. The van der Waals surface area contributed by atoms with Crippen molar-refractivity contribution in [3.8, 4) is 5.75 Å². The van der Waals surface area contributed by atoms with Crippen LogP contribution in [0, 0.1) is 11.3 Å². The lowest BCUT2D eigenvalue weighted by Crippen LogP contribution is -2.36. The van der Waals surface area contributed by atoms with Gasteiger partial charge in [-0.1, -0.05) is 64.1 Å². The molecule has 4 aromatic rings. The molecule has 0 aliphatic carbocycles. The van der Waals surface area contributed by atoms with Crippen LogP contribution in [-0.4, -0.2) is 57.9 Å². The Kier molecular flexibility index (Phi) is 9.43. The average molecular weight is 642 g/mol. The SMILES string of the molecule is CNc1nc(N)nc2c1ncn2[C@@H]1O[C@H](COP(=S)(N[C@@H](C)C(=O)OCC(C)(C)C)Oc2cccc3ccccc23)C[C@@H]1C. The van der Waals surface area contributed by atoms with E-state index in [2.05, 4.69) is 32.3 Å². The van der Waals surface area contributed by atoms with Crippen molar-refractivity contribution in [1.82, 2.24) is 24.6 Å². The van der Waals surface area contributed by atoms with E-state index in [-0.39, 0.29) is 42.8 Å². The van der Waals surface area contributed by atoms with Gasteiger partial charge in [-0.15, -0.1) is 0 Å². The average Bonchev–Trinajstić information content (AvgIpc) is 3.56. The first kappa shape index (κ1) is 32.1. The minimum atomic E-state index is -3.29. The maximum atomic E-state index is 12.9. The van der Waals surface area contributed by atoms with Crippen molar-refractivity contribution >= 4 is 58.1 Å². The Balaban J connectivity index is 1.35. The Labute approximate surface area is 262 Å². The Morgan fingerprint density at radius 3 is 2.73 bits per heavy atom. The first-order valence-corrected chi connectivity index (χ1v) is 17.2. The highest BCUT2D eigenvalue weighted by atomic mass is 32.5. The van der Waals surface area contributed by atoms with Gasteiger partial charge in [-0.3, -0.25) is 9.36 Å². The number of nitrogens with one attached hydrogen (secondary N) is 2. The van der Waals surface area contributed by atoms with Crippen molar-refractivity contribution in [3.05, 3.63) is 48.8 Å². The van der Waals surface area contributed by atoms with E-state index < -0.39 is 18.7 Å². The van der Waals surface area contributed by atoms with E-state index in [0.717, 1.165) is 10.8 Å². The van der Waals surface area contributed by atoms with Gasteiger partial charge in [-0.05, 0) is 42.0 Å². The number of rotatable bonds is 11. The Morgan fingerprint density at radius 1 is 1.23 bits per heavy atom. The summed E-state index contributed by atoms with van der Waals surface area (Å²) in [5.41, 5.74) is 6.96. The van der Waals surface area contributed by atoms with Gasteiger partial charge >= 0.3 is 12.6 Å². The number of anilines is 2. The van der Waals surface area contributed by atoms with E-state index in [1.807, 2.05) is 67.8 Å². The van der Waals surface area contributed by atoms with Crippen molar-refractivity contribution in [1.29, 1.82) is 0 Å². The number of nitrogens with zero attached hydrogens (tertiary/aromatic N) is 4. The van der Waals surface area contributed by atoms with E-state index in [9.17, 15) is 4.79 Å². The molecule has 0 radical (unpaired) electrons. The van der Waals surface area contributed by atoms with Crippen LogP contribution in [0.3, 0.4) is 0 Å². The van der Waals surface area contributed by atoms with Crippen LogP contribution in [0.2, 0.25) is 0 Å². The van der Waals surface area contributed by atoms with Crippen molar-refractivity contribution in [3.63, 3.8) is 0 Å². The van der Waals surface area contributed by atoms with Gasteiger partial charge in [0.25, 0.3) is 0 Å². The largest absolute Gasteiger partial charge is 0.464 e. The predicted octanol–water partition coefficient (Wildman–Crippen LogP) is 5.41. The molecule has 236 valence electrons. The number of benzene rings is 2. The lowest BCUT2D eigenvalue weighted by atomic mass is 9.99. The van der Waals surface area contributed by atoms with E-state index in [4.69, 9.17) is 36.1 Å². The Hall–Kier alpha value is -3.35. The second-order valence-corrected chi connectivity index (χ2v) is 15.4. The van der Waals surface area contributed by atoms with E-state index >= 15 is 0 Å². The summed E-state index contributed by atoms with van der Waals surface area (Å²) in [5, 5.41) is 8.05. The number of carbonyl (C=O) groups is 1. The van der Waals surface area contributed by atoms with Crippen LogP contribution in [-0.2, 0) is 30.6 Å². The van der Waals surface area contributed by atoms with Gasteiger partial charge in [-0.2, -0.15) is 9.97 Å². The number of nitrogens with two attached hydrogens (primary N) is 1. The number of ether oxygens (including phenoxy) is 2. The summed E-state index contributed by atoms with van der Waals surface area (Å²) in [6.07, 6.45) is 1.71. The first-order chi connectivity index (χ1) is 20.9. The van der Waals surface area contributed by atoms with Gasteiger partial charge in [0.05, 0.1) is 25.6 Å². The molecule has 1 fully saturated rings. The summed E-state index contributed by atoms with van der Waals surface area (Å²) >= 11 is 6.02. The molecule has 44 heavy (non-hydrogen) atoms. The fourth-order valence-corrected chi connectivity index (χ4v) is 7.48. The monoisotopic (exact) mass is 641 g/mol. The zero-order valence-electron chi connectivity index (χ0n) is 25.8. The molecular weight excluding hydrogens is 601 g/mol. The third-order valence-corrected chi connectivity index (χ3v) is 9.64. The van der Waals surface area contributed by atoms with E-state index in [0.29, 0.717) is 29.2 Å². The standard InChI is InChI=1S/C30H40N7O5PS/c1-18-14-21(41-27(18)37-17-33-24-25(32-6)34-29(31)35-26(24)37)15-40-43(44,36-19(2)28(38)39-16-30(3,4)5)42-23-13-9-11-20-10-7-8-12-22(20)23/h7-13,17-19,21,27H,14-16H2,1-6H3,(H,36,44)(H3,31,32,34,35)/t18-,19-,21-,27+,43?/m0/s1. The fraction of sp³-hybridized carbons (Fsp3) is 0.467. The van der Waals surface area contributed by atoms with Crippen molar-refractivity contribution < 1.29 is 23.3 Å². The Bertz CT molecular complexity index is 1690. The van der Waals surface area contributed by atoms with Crippen molar-refractivity contribution in [2.75, 3.05) is 31.3 Å². The third kappa shape index (κ3) is 7.30. The molecule has 0 saturated carbocycles. The van der Waals surface area contributed by atoms with Crippen molar-refractivity contribution in [2.45, 2.75) is 59.4 Å². The molecule has 4 N–H and O–H groups in total. The van der Waals surface area contributed by atoms with Crippen LogP contribution in [0.15, 0.2) is 48.8 Å². The summed E-state index contributed by atoms with van der Waals surface area (Å²) in [7, 11) is 1.76. The highest BCUT2D eigenvalue weighted by molar-refractivity contribution is 8.09. The predicted molar refractivity (Wildman–Crippen MR) is 175 cm³/mol. The minimum Gasteiger partial charge on any atom is -0.464 e. The summed E-state index contributed by atoms with van der Waals surface area (Å²) in [4.78, 5) is 26.0.